The Labute approximate surface area is 177 Å². The van der Waals surface area contributed by atoms with Crippen LogP contribution in [-0.2, 0) is 33.3 Å². The zero-order chi connectivity index (χ0) is 22.2. The van der Waals surface area contributed by atoms with Gasteiger partial charge >= 0.3 is 17.9 Å². The van der Waals surface area contributed by atoms with Crippen molar-refractivity contribution in [3.63, 3.8) is 0 Å². The second-order valence-corrected chi connectivity index (χ2v) is 7.10. The van der Waals surface area contributed by atoms with Crippen LogP contribution in [0.2, 0.25) is 0 Å². The molecule has 0 saturated carbocycles. The number of anilines is 1. The van der Waals surface area contributed by atoms with Gasteiger partial charge in [0, 0.05) is 20.8 Å². The Morgan fingerprint density at radius 2 is 1.77 bits per heavy atom. The Hall–Kier alpha value is -3.00. The lowest BCUT2D eigenvalue weighted by molar-refractivity contribution is -0.166. The molecular weight excluding hydrogens is 470 g/mol. The van der Waals surface area contributed by atoms with Crippen molar-refractivity contribution in [3.05, 3.63) is 15.1 Å². The second-order valence-electron chi connectivity index (χ2n) is 6.39. The summed E-state index contributed by atoms with van der Waals surface area (Å²) in [4.78, 5) is 57.3. The number of nitrogens with zero attached hydrogens (tertiary/aromatic N) is 3. The maximum Gasteiger partial charge on any atom is 0.303 e. The Kier molecular flexibility index (Phi) is 6.07. The van der Waals surface area contributed by atoms with Gasteiger partial charge in [0.25, 0.3) is 5.56 Å². The van der Waals surface area contributed by atoms with E-state index in [-0.39, 0.29) is 28.5 Å². The van der Waals surface area contributed by atoms with Gasteiger partial charge in [-0.15, -0.1) is 0 Å². The first-order valence-corrected chi connectivity index (χ1v) is 9.44. The number of esters is 3. The lowest BCUT2D eigenvalue weighted by atomic mass is 10.1. The van der Waals surface area contributed by atoms with Gasteiger partial charge in [-0.05, 0) is 15.9 Å². The first-order chi connectivity index (χ1) is 14.1. The molecule has 3 N–H and O–H groups in total. The number of nitrogen functional groups attached to an aromatic ring is 1. The molecule has 1 aliphatic heterocycles. The van der Waals surface area contributed by atoms with Crippen LogP contribution in [0.3, 0.4) is 0 Å². The molecule has 1 saturated heterocycles. The van der Waals surface area contributed by atoms with Gasteiger partial charge in [-0.25, -0.2) is 4.98 Å². The van der Waals surface area contributed by atoms with E-state index in [0.717, 1.165) is 0 Å². The Morgan fingerprint density at radius 1 is 1.13 bits per heavy atom. The maximum absolute atomic E-state index is 12.2. The van der Waals surface area contributed by atoms with Gasteiger partial charge < -0.3 is 24.7 Å². The molecule has 0 spiro atoms. The van der Waals surface area contributed by atoms with Crippen LogP contribution in [0.5, 0.6) is 0 Å². The van der Waals surface area contributed by atoms with Crippen LogP contribution in [-0.4, -0.2) is 62.3 Å². The zero-order valence-electron chi connectivity index (χ0n) is 16.1. The molecule has 0 radical (unpaired) electrons. The number of hydrogen-bond donors (Lipinski definition) is 2. The van der Waals surface area contributed by atoms with Crippen molar-refractivity contribution in [2.24, 2.45) is 0 Å². The Balaban J connectivity index is 2.11. The number of imidazole rings is 1. The average molecular weight is 488 g/mol. The van der Waals surface area contributed by atoms with Gasteiger partial charge in [-0.2, -0.15) is 4.98 Å². The van der Waals surface area contributed by atoms with E-state index < -0.39 is 48.0 Å². The molecule has 1 fully saturated rings. The lowest BCUT2D eigenvalue weighted by Crippen LogP contribution is -2.40. The Morgan fingerprint density at radius 3 is 2.37 bits per heavy atom. The molecule has 4 atom stereocenters. The molecule has 0 bridgehead atoms. The number of halogens is 1. The third-order valence-corrected chi connectivity index (χ3v) is 4.68. The quantitative estimate of drug-likeness (QED) is 0.323. The van der Waals surface area contributed by atoms with E-state index >= 15 is 0 Å². The molecule has 1 aliphatic rings. The van der Waals surface area contributed by atoms with E-state index in [1.165, 1.54) is 25.3 Å². The first kappa shape index (κ1) is 21.7. The molecule has 0 amide bonds. The number of hydrogen-bond acceptors (Lipinski definition) is 11. The first-order valence-electron chi connectivity index (χ1n) is 8.65. The normalized spacial score (nSPS) is 23.3. The van der Waals surface area contributed by atoms with Crippen LogP contribution >= 0.6 is 15.9 Å². The fourth-order valence-corrected chi connectivity index (χ4v) is 3.65. The van der Waals surface area contributed by atoms with Gasteiger partial charge in [-0.1, -0.05) is 0 Å². The Bertz CT molecular complexity index is 1070. The molecule has 3 rings (SSSR count). The van der Waals surface area contributed by atoms with Crippen LogP contribution in [0.25, 0.3) is 11.2 Å². The fraction of sp³-hybridized carbons (Fsp3) is 0.500. The number of rotatable bonds is 5. The van der Waals surface area contributed by atoms with Gasteiger partial charge in [0.2, 0.25) is 5.95 Å². The van der Waals surface area contributed by atoms with E-state index in [4.69, 9.17) is 24.7 Å². The number of carbonyl (C=O) groups is 3. The van der Waals surface area contributed by atoms with Crippen molar-refractivity contribution in [2.45, 2.75) is 45.3 Å². The summed E-state index contributed by atoms with van der Waals surface area (Å²) < 4.78 is 23.0. The van der Waals surface area contributed by atoms with E-state index in [1.807, 2.05) is 0 Å². The highest BCUT2D eigenvalue weighted by molar-refractivity contribution is 9.10. The highest BCUT2D eigenvalue weighted by atomic mass is 79.9. The minimum Gasteiger partial charge on any atom is -0.463 e. The molecule has 2 aromatic rings. The number of nitrogens with one attached hydrogen (secondary N) is 1. The number of carbonyl (C=O) groups excluding carboxylic acids is 3. The molecular formula is C16H18BrN5O8. The third kappa shape index (κ3) is 4.28. The monoisotopic (exact) mass is 487 g/mol. The van der Waals surface area contributed by atoms with Crippen molar-refractivity contribution in [1.82, 2.24) is 19.5 Å². The molecule has 0 aliphatic carbocycles. The van der Waals surface area contributed by atoms with Crippen LogP contribution in [0, 0.1) is 0 Å². The summed E-state index contributed by atoms with van der Waals surface area (Å²) in [6.45, 7) is 3.27. The predicted molar refractivity (Wildman–Crippen MR) is 102 cm³/mol. The zero-order valence-corrected chi connectivity index (χ0v) is 17.7. The molecule has 13 nitrogen and oxygen atoms in total. The SMILES string of the molecule is CC(=O)OC[C@@H]1O[C@@H](n2c(Br)nc3c(=O)[nH]c(N)nc32)[C@@H](OC(C)=O)[C@H]1OC(C)=O. The van der Waals surface area contributed by atoms with Crippen molar-refractivity contribution in [2.75, 3.05) is 12.3 Å². The van der Waals surface area contributed by atoms with Crippen LogP contribution in [0.1, 0.15) is 27.0 Å². The van der Waals surface area contributed by atoms with Gasteiger partial charge in [0.15, 0.2) is 34.3 Å². The van der Waals surface area contributed by atoms with Crippen LogP contribution in [0.15, 0.2) is 9.53 Å². The van der Waals surface area contributed by atoms with Crippen LogP contribution < -0.4 is 11.3 Å². The van der Waals surface area contributed by atoms with Crippen molar-refractivity contribution in [1.29, 1.82) is 0 Å². The van der Waals surface area contributed by atoms with Crippen molar-refractivity contribution < 1.29 is 33.3 Å². The number of aromatic amines is 1. The van der Waals surface area contributed by atoms with E-state index in [1.54, 1.807) is 0 Å². The van der Waals surface area contributed by atoms with E-state index in [0.29, 0.717) is 0 Å². The number of ether oxygens (including phenoxy) is 4. The molecule has 3 heterocycles. The second kappa shape index (κ2) is 8.39. The van der Waals surface area contributed by atoms with E-state index in [2.05, 4.69) is 30.9 Å². The summed E-state index contributed by atoms with van der Waals surface area (Å²) in [5, 5.41) is 0. The van der Waals surface area contributed by atoms with Crippen molar-refractivity contribution >= 4 is 51.0 Å². The molecule has 30 heavy (non-hydrogen) atoms. The number of H-pyrrole nitrogens is 1. The molecule has 2 aromatic heterocycles. The molecule has 162 valence electrons. The van der Waals surface area contributed by atoms with Gasteiger partial charge in [0.1, 0.15) is 12.7 Å². The fourth-order valence-electron chi connectivity index (χ4n) is 3.10. The molecule has 14 heteroatoms. The summed E-state index contributed by atoms with van der Waals surface area (Å²) in [6.07, 6.45) is -4.38. The number of fused-ring (bicyclic) bond motifs is 1. The number of nitrogens with two attached hydrogens (primary N) is 1. The molecule has 0 unspecified atom stereocenters. The van der Waals surface area contributed by atoms with Crippen LogP contribution in [0.4, 0.5) is 5.95 Å². The van der Waals surface area contributed by atoms with Gasteiger partial charge in [0.05, 0.1) is 0 Å². The highest BCUT2D eigenvalue weighted by Gasteiger charge is 2.51. The summed E-state index contributed by atoms with van der Waals surface area (Å²) in [5.41, 5.74) is 5.05. The standard InChI is InChI=1S/C16H18BrN5O8/c1-5(23)27-4-8-10(28-6(2)24)11(29-7(3)25)14(30-8)22-12-9(19-15(22)17)13(26)21-16(18)20-12/h8,10-11,14H,4H2,1-3H3,(H3,18,20,21,26)/t8-,10-,11-,14+/m0/s1. The summed E-state index contributed by atoms with van der Waals surface area (Å²) in [6, 6.07) is 0. The molecule has 0 aromatic carbocycles. The smallest absolute Gasteiger partial charge is 0.303 e. The summed E-state index contributed by atoms with van der Waals surface area (Å²) in [5.74, 6) is -2.09. The lowest BCUT2D eigenvalue weighted by Gasteiger charge is -2.24. The highest BCUT2D eigenvalue weighted by Crippen LogP contribution is 2.37. The minimum absolute atomic E-state index is 0.0417. The van der Waals surface area contributed by atoms with Gasteiger partial charge in [-0.3, -0.25) is 28.7 Å². The third-order valence-electron chi connectivity index (χ3n) is 4.12. The topological polar surface area (TPSA) is 178 Å². The average Bonchev–Trinajstić information content (AvgIpc) is 3.10. The summed E-state index contributed by atoms with van der Waals surface area (Å²) >= 11 is 3.23. The predicted octanol–water partition coefficient (Wildman–Crippen LogP) is -0.212. The number of aromatic nitrogens is 4. The summed E-state index contributed by atoms with van der Waals surface area (Å²) in [7, 11) is 0. The maximum atomic E-state index is 12.2. The van der Waals surface area contributed by atoms with Crippen molar-refractivity contribution in [3.8, 4) is 0 Å². The minimum atomic E-state index is -1.16. The van der Waals surface area contributed by atoms with E-state index in [9.17, 15) is 19.2 Å². The largest absolute Gasteiger partial charge is 0.463 e.